The second-order valence-corrected chi connectivity index (χ2v) is 8.90. The summed E-state index contributed by atoms with van der Waals surface area (Å²) in [5.74, 6) is 0. The molecule has 30 heavy (non-hydrogen) atoms. The molecule has 4 rings (SSSR count). The van der Waals surface area contributed by atoms with E-state index in [4.69, 9.17) is 9.31 Å². The number of aliphatic imine (C=N–C) groups is 1. The van der Waals surface area contributed by atoms with Crippen LogP contribution in [0.1, 0.15) is 45.1 Å². The highest BCUT2D eigenvalue weighted by Crippen LogP contribution is 2.37. The first-order chi connectivity index (χ1) is 14.4. The minimum Gasteiger partial charge on any atom is -0.399 e. The third-order valence-corrected chi connectivity index (χ3v) is 6.33. The molecule has 1 aromatic heterocycles. The van der Waals surface area contributed by atoms with E-state index in [-0.39, 0.29) is 24.5 Å². The fourth-order valence-electron chi connectivity index (χ4n) is 3.89. The fourth-order valence-corrected chi connectivity index (χ4v) is 3.89. The van der Waals surface area contributed by atoms with Crippen molar-refractivity contribution in [1.29, 1.82) is 0 Å². The van der Waals surface area contributed by atoms with Gasteiger partial charge in [0, 0.05) is 32.0 Å². The summed E-state index contributed by atoms with van der Waals surface area (Å²) in [7, 11) is -0.363. The lowest BCUT2D eigenvalue weighted by atomic mass is 9.75. The summed E-state index contributed by atoms with van der Waals surface area (Å²) in [5.41, 5.74) is 2.49. The van der Waals surface area contributed by atoms with Gasteiger partial charge in [-0.2, -0.15) is 0 Å². The van der Waals surface area contributed by atoms with Crippen molar-refractivity contribution in [2.24, 2.45) is 4.99 Å². The smallest absolute Gasteiger partial charge is 0.399 e. The van der Waals surface area contributed by atoms with Crippen molar-refractivity contribution in [3.8, 4) is 0 Å². The van der Waals surface area contributed by atoms with E-state index < -0.39 is 0 Å². The molecule has 1 aromatic carbocycles. The Balaban J connectivity index is 1.46. The summed E-state index contributed by atoms with van der Waals surface area (Å²) in [6, 6.07) is 14.3. The van der Waals surface area contributed by atoms with Crippen LogP contribution in [0, 0.1) is 0 Å². The van der Waals surface area contributed by atoms with Crippen molar-refractivity contribution in [2.75, 3.05) is 26.2 Å². The average Bonchev–Trinajstić information content (AvgIpc) is 3.27. The van der Waals surface area contributed by atoms with Gasteiger partial charge >= 0.3 is 7.12 Å². The van der Waals surface area contributed by atoms with Crippen molar-refractivity contribution in [3.63, 3.8) is 0 Å². The molecule has 7 heteroatoms. The number of aromatic nitrogens is 1. The zero-order chi connectivity index (χ0) is 21.2. The molecule has 2 aliphatic heterocycles. The quantitative estimate of drug-likeness (QED) is 0.590. The SMILES string of the molecule is CC1(C)OB(c2ccccc2C2NCCN2CCN=Cc2ccccn2)OC1(C)C. The number of nitrogens with one attached hydrogen (secondary N) is 1. The standard InChI is InChI=1S/C23H31BN4O2/c1-22(2)23(3,4)30-24(29-22)20-11-6-5-10-19(20)21-27-14-16-28(21)15-13-25-17-18-9-7-8-12-26-18/h5-12,17,21,27H,13-16H2,1-4H3. The number of benzene rings is 1. The average molecular weight is 406 g/mol. The molecule has 0 bridgehead atoms. The number of nitrogens with zero attached hydrogens (tertiary/aromatic N) is 3. The van der Waals surface area contributed by atoms with Crippen molar-refractivity contribution < 1.29 is 9.31 Å². The summed E-state index contributed by atoms with van der Waals surface area (Å²) >= 11 is 0. The first-order valence-electron chi connectivity index (χ1n) is 10.7. The molecule has 3 heterocycles. The Labute approximate surface area is 179 Å². The summed E-state index contributed by atoms with van der Waals surface area (Å²) < 4.78 is 12.7. The molecular formula is C23H31BN4O2. The lowest BCUT2D eigenvalue weighted by molar-refractivity contribution is 0.00578. The van der Waals surface area contributed by atoms with Gasteiger partial charge in [0.2, 0.25) is 0 Å². The lowest BCUT2D eigenvalue weighted by Crippen LogP contribution is -2.41. The van der Waals surface area contributed by atoms with Crippen molar-refractivity contribution in [3.05, 3.63) is 59.9 Å². The van der Waals surface area contributed by atoms with E-state index in [0.717, 1.165) is 37.3 Å². The van der Waals surface area contributed by atoms with Crippen LogP contribution in [0.5, 0.6) is 0 Å². The van der Waals surface area contributed by atoms with E-state index in [2.05, 4.69) is 72.2 Å². The van der Waals surface area contributed by atoms with Crippen LogP contribution in [0.2, 0.25) is 0 Å². The Morgan fingerprint density at radius 3 is 2.60 bits per heavy atom. The third-order valence-electron chi connectivity index (χ3n) is 6.33. The maximum absolute atomic E-state index is 6.33. The normalized spacial score (nSPS) is 23.5. The van der Waals surface area contributed by atoms with Gasteiger partial charge in [0.15, 0.2) is 0 Å². The van der Waals surface area contributed by atoms with E-state index in [1.54, 1.807) is 6.20 Å². The Bertz CT molecular complexity index is 872. The Morgan fingerprint density at radius 2 is 1.87 bits per heavy atom. The first kappa shape index (κ1) is 21.2. The number of pyridine rings is 1. The van der Waals surface area contributed by atoms with Gasteiger partial charge in [-0.25, -0.2) is 0 Å². The van der Waals surface area contributed by atoms with Crippen LogP contribution in [-0.2, 0) is 9.31 Å². The van der Waals surface area contributed by atoms with Gasteiger partial charge in [-0.3, -0.25) is 20.2 Å². The number of hydrogen-bond donors (Lipinski definition) is 1. The Morgan fingerprint density at radius 1 is 1.13 bits per heavy atom. The molecule has 0 aliphatic carbocycles. The summed E-state index contributed by atoms with van der Waals surface area (Å²) in [5, 5.41) is 3.64. The Hall–Kier alpha value is -2.06. The van der Waals surface area contributed by atoms with Crippen LogP contribution in [-0.4, -0.2) is 60.6 Å². The molecule has 158 valence electrons. The van der Waals surface area contributed by atoms with E-state index in [1.807, 2.05) is 24.4 Å². The van der Waals surface area contributed by atoms with Gasteiger partial charge in [-0.15, -0.1) is 0 Å². The lowest BCUT2D eigenvalue weighted by Gasteiger charge is -2.32. The second-order valence-electron chi connectivity index (χ2n) is 8.90. The number of rotatable bonds is 6. The molecule has 6 nitrogen and oxygen atoms in total. The van der Waals surface area contributed by atoms with Crippen LogP contribution in [0.4, 0.5) is 0 Å². The van der Waals surface area contributed by atoms with E-state index >= 15 is 0 Å². The fraction of sp³-hybridized carbons (Fsp3) is 0.478. The topological polar surface area (TPSA) is 59.0 Å². The van der Waals surface area contributed by atoms with Crippen molar-refractivity contribution in [1.82, 2.24) is 15.2 Å². The van der Waals surface area contributed by atoms with E-state index in [1.165, 1.54) is 5.56 Å². The van der Waals surface area contributed by atoms with Crippen LogP contribution < -0.4 is 10.8 Å². The van der Waals surface area contributed by atoms with Crippen molar-refractivity contribution >= 4 is 18.8 Å². The summed E-state index contributed by atoms with van der Waals surface area (Å²) in [6.07, 6.45) is 3.76. The van der Waals surface area contributed by atoms with Gasteiger partial charge in [0.1, 0.15) is 0 Å². The van der Waals surface area contributed by atoms with Gasteiger partial charge in [0.05, 0.1) is 29.6 Å². The summed E-state index contributed by atoms with van der Waals surface area (Å²) in [6.45, 7) is 11.9. The minimum absolute atomic E-state index is 0.130. The molecule has 0 amide bonds. The van der Waals surface area contributed by atoms with E-state index in [0.29, 0.717) is 0 Å². The molecule has 0 radical (unpaired) electrons. The molecule has 1 N–H and O–H groups in total. The van der Waals surface area contributed by atoms with Gasteiger partial charge in [0.25, 0.3) is 0 Å². The highest BCUT2D eigenvalue weighted by molar-refractivity contribution is 6.62. The predicted molar refractivity (Wildman–Crippen MR) is 121 cm³/mol. The zero-order valence-electron chi connectivity index (χ0n) is 18.3. The Kier molecular flexibility index (Phi) is 6.07. The van der Waals surface area contributed by atoms with Gasteiger partial charge in [-0.1, -0.05) is 30.3 Å². The van der Waals surface area contributed by atoms with Gasteiger partial charge < -0.3 is 9.31 Å². The monoisotopic (exact) mass is 406 g/mol. The second kappa shape index (κ2) is 8.59. The van der Waals surface area contributed by atoms with Crippen LogP contribution in [0.25, 0.3) is 0 Å². The van der Waals surface area contributed by atoms with Crippen LogP contribution >= 0.6 is 0 Å². The number of hydrogen-bond acceptors (Lipinski definition) is 6. The summed E-state index contributed by atoms with van der Waals surface area (Å²) in [4.78, 5) is 11.3. The highest BCUT2D eigenvalue weighted by Gasteiger charge is 2.52. The molecule has 2 fully saturated rings. The van der Waals surface area contributed by atoms with Crippen molar-refractivity contribution in [2.45, 2.75) is 45.1 Å². The predicted octanol–water partition coefficient (Wildman–Crippen LogP) is 2.40. The zero-order valence-corrected chi connectivity index (χ0v) is 18.3. The molecule has 0 spiro atoms. The van der Waals surface area contributed by atoms with Crippen LogP contribution in [0.15, 0.2) is 53.7 Å². The van der Waals surface area contributed by atoms with E-state index in [9.17, 15) is 0 Å². The minimum atomic E-state index is -0.363. The molecule has 1 atom stereocenters. The molecule has 1 unspecified atom stereocenters. The van der Waals surface area contributed by atoms with Gasteiger partial charge in [-0.05, 0) is 50.9 Å². The largest absolute Gasteiger partial charge is 0.495 e. The molecule has 2 aromatic rings. The maximum Gasteiger partial charge on any atom is 0.495 e. The molecule has 0 saturated carbocycles. The highest BCUT2D eigenvalue weighted by atomic mass is 16.7. The molecular weight excluding hydrogens is 375 g/mol. The molecule has 2 aliphatic rings. The third kappa shape index (κ3) is 4.35. The first-order valence-corrected chi connectivity index (χ1v) is 10.7. The molecule has 2 saturated heterocycles. The maximum atomic E-state index is 6.33. The van der Waals surface area contributed by atoms with Crippen LogP contribution in [0.3, 0.4) is 0 Å².